The van der Waals surface area contributed by atoms with E-state index in [1.54, 1.807) is 0 Å². The zero-order chi connectivity index (χ0) is 11.5. The Bertz CT molecular complexity index is 272. The van der Waals surface area contributed by atoms with Gasteiger partial charge in [-0.05, 0) is 25.3 Å². The van der Waals surface area contributed by atoms with Gasteiger partial charge in [-0.25, -0.2) is 0 Å². The molecule has 2 atom stereocenters. The monoisotopic (exact) mass is 209 g/mol. The summed E-state index contributed by atoms with van der Waals surface area (Å²) in [5.74, 6) is 0. The normalized spacial score (nSPS) is 16.3. The van der Waals surface area contributed by atoms with Crippen molar-refractivity contribution < 1.29 is 0 Å². The van der Waals surface area contributed by atoms with Gasteiger partial charge in [0.2, 0.25) is 0 Å². The number of nitrogens with one attached hydrogen (secondary N) is 1. The van der Waals surface area contributed by atoms with Gasteiger partial charge in [-0.2, -0.15) is 5.10 Å². The minimum atomic E-state index is 0.331. The molecule has 1 aromatic heterocycles. The van der Waals surface area contributed by atoms with Crippen molar-refractivity contribution in [2.45, 2.75) is 46.7 Å². The fourth-order valence-corrected chi connectivity index (χ4v) is 1.39. The van der Waals surface area contributed by atoms with Crippen molar-refractivity contribution in [1.29, 1.82) is 0 Å². The Hall–Kier alpha value is -0.830. The van der Waals surface area contributed by atoms with Gasteiger partial charge >= 0.3 is 0 Å². The Morgan fingerprint density at radius 3 is 2.47 bits per heavy atom. The smallest absolute Gasteiger partial charge is 0.0641 e. The Kier molecular flexibility index (Phi) is 3.91. The van der Waals surface area contributed by atoms with Crippen molar-refractivity contribution in [3.8, 4) is 0 Å². The Labute approximate surface area is 92.9 Å². The molecule has 3 nitrogen and oxygen atoms in total. The third-order valence-electron chi connectivity index (χ3n) is 2.62. The van der Waals surface area contributed by atoms with Gasteiger partial charge in [-0.15, -0.1) is 0 Å². The van der Waals surface area contributed by atoms with Crippen molar-refractivity contribution in [3.63, 3.8) is 0 Å². The minimum Gasteiger partial charge on any atom is -0.312 e. The topological polar surface area (TPSA) is 29.9 Å². The molecule has 0 amide bonds. The highest BCUT2D eigenvalue weighted by atomic mass is 15.3. The SMILES string of the molecule is CC(NCC(C)(C)C)C(C)n1cccn1. The average molecular weight is 209 g/mol. The van der Waals surface area contributed by atoms with Crippen LogP contribution in [-0.2, 0) is 0 Å². The van der Waals surface area contributed by atoms with E-state index in [9.17, 15) is 0 Å². The molecule has 0 aliphatic heterocycles. The first-order valence-corrected chi connectivity index (χ1v) is 5.63. The van der Waals surface area contributed by atoms with Crippen LogP contribution in [0.2, 0.25) is 0 Å². The largest absolute Gasteiger partial charge is 0.312 e. The highest BCUT2D eigenvalue weighted by molar-refractivity contribution is 4.84. The highest BCUT2D eigenvalue weighted by Gasteiger charge is 2.17. The van der Waals surface area contributed by atoms with E-state index in [2.05, 4.69) is 45.0 Å². The summed E-state index contributed by atoms with van der Waals surface area (Å²) in [5.41, 5.74) is 0.331. The number of hydrogen-bond acceptors (Lipinski definition) is 2. The molecule has 1 N–H and O–H groups in total. The van der Waals surface area contributed by atoms with Crippen LogP contribution < -0.4 is 5.32 Å². The first kappa shape index (κ1) is 12.2. The van der Waals surface area contributed by atoms with Gasteiger partial charge in [-0.3, -0.25) is 4.68 Å². The summed E-state index contributed by atoms with van der Waals surface area (Å²) in [4.78, 5) is 0. The van der Waals surface area contributed by atoms with Crippen molar-refractivity contribution in [2.24, 2.45) is 5.41 Å². The van der Waals surface area contributed by atoms with Crippen molar-refractivity contribution >= 4 is 0 Å². The summed E-state index contributed by atoms with van der Waals surface area (Å²) in [7, 11) is 0. The molecule has 0 aromatic carbocycles. The summed E-state index contributed by atoms with van der Waals surface area (Å²) >= 11 is 0. The number of rotatable bonds is 4. The fourth-order valence-electron chi connectivity index (χ4n) is 1.39. The van der Waals surface area contributed by atoms with Gasteiger partial charge in [0.25, 0.3) is 0 Å². The molecule has 0 aliphatic rings. The molecule has 86 valence electrons. The third-order valence-corrected chi connectivity index (χ3v) is 2.62. The molecular weight excluding hydrogens is 186 g/mol. The first-order chi connectivity index (χ1) is 6.90. The first-order valence-electron chi connectivity index (χ1n) is 5.63. The summed E-state index contributed by atoms with van der Waals surface area (Å²) < 4.78 is 2.00. The predicted molar refractivity (Wildman–Crippen MR) is 63.9 cm³/mol. The van der Waals surface area contributed by atoms with Crippen LogP contribution in [0.5, 0.6) is 0 Å². The van der Waals surface area contributed by atoms with E-state index in [4.69, 9.17) is 0 Å². The molecule has 0 saturated carbocycles. The van der Waals surface area contributed by atoms with Crippen LogP contribution in [0.25, 0.3) is 0 Å². The maximum Gasteiger partial charge on any atom is 0.0641 e. The maximum atomic E-state index is 4.26. The van der Waals surface area contributed by atoms with Gasteiger partial charge in [-0.1, -0.05) is 20.8 Å². The molecule has 0 fully saturated rings. The minimum absolute atomic E-state index is 0.331. The van der Waals surface area contributed by atoms with Gasteiger partial charge in [0.1, 0.15) is 0 Å². The number of nitrogens with zero attached hydrogens (tertiary/aromatic N) is 2. The van der Waals surface area contributed by atoms with E-state index in [0.717, 1.165) is 6.54 Å². The molecule has 15 heavy (non-hydrogen) atoms. The number of hydrogen-bond donors (Lipinski definition) is 1. The average Bonchev–Trinajstić information content (AvgIpc) is 2.64. The van der Waals surface area contributed by atoms with Crippen LogP contribution in [0.4, 0.5) is 0 Å². The summed E-state index contributed by atoms with van der Waals surface area (Å²) in [6, 6.07) is 2.79. The van der Waals surface area contributed by atoms with E-state index < -0.39 is 0 Å². The van der Waals surface area contributed by atoms with Crippen LogP contribution in [0, 0.1) is 5.41 Å². The maximum absolute atomic E-state index is 4.26. The lowest BCUT2D eigenvalue weighted by atomic mass is 9.96. The van der Waals surface area contributed by atoms with Gasteiger partial charge in [0.15, 0.2) is 0 Å². The molecule has 0 bridgehead atoms. The summed E-state index contributed by atoms with van der Waals surface area (Å²) in [6.07, 6.45) is 3.84. The van der Waals surface area contributed by atoms with Crippen molar-refractivity contribution in [3.05, 3.63) is 18.5 Å². The Morgan fingerprint density at radius 1 is 1.33 bits per heavy atom. The quantitative estimate of drug-likeness (QED) is 0.825. The van der Waals surface area contributed by atoms with Crippen LogP contribution >= 0.6 is 0 Å². The van der Waals surface area contributed by atoms with Crippen LogP contribution in [0.15, 0.2) is 18.5 Å². The third kappa shape index (κ3) is 4.04. The summed E-state index contributed by atoms with van der Waals surface area (Å²) in [6.45, 7) is 12.1. The molecule has 1 heterocycles. The van der Waals surface area contributed by atoms with Gasteiger partial charge < -0.3 is 5.32 Å². The van der Waals surface area contributed by atoms with Crippen LogP contribution in [-0.4, -0.2) is 22.4 Å². The lowest BCUT2D eigenvalue weighted by molar-refractivity contribution is 0.306. The van der Waals surface area contributed by atoms with Crippen molar-refractivity contribution in [2.75, 3.05) is 6.54 Å². The molecule has 1 aromatic rings. The molecule has 0 spiro atoms. The van der Waals surface area contributed by atoms with Gasteiger partial charge in [0, 0.05) is 25.0 Å². The molecule has 1 rings (SSSR count). The van der Waals surface area contributed by atoms with E-state index in [1.165, 1.54) is 0 Å². The zero-order valence-electron chi connectivity index (χ0n) is 10.5. The van der Waals surface area contributed by atoms with Crippen LogP contribution in [0.1, 0.15) is 40.7 Å². The molecular formula is C12H23N3. The molecule has 3 heteroatoms. The van der Waals surface area contributed by atoms with E-state index >= 15 is 0 Å². The van der Waals surface area contributed by atoms with E-state index in [-0.39, 0.29) is 0 Å². The molecule has 0 aliphatic carbocycles. The second kappa shape index (κ2) is 4.79. The lowest BCUT2D eigenvalue weighted by Crippen LogP contribution is -2.38. The second-order valence-corrected chi connectivity index (χ2v) is 5.46. The molecule has 2 unspecified atom stereocenters. The molecule has 0 saturated heterocycles. The zero-order valence-corrected chi connectivity index (χ0v) is 10.5. The Morgan fingerprint density at radius 2 is 2.00 bits per heavy atom. The van der Waals surface area contributed by atoms with Crippen molar-refractivity contribution in [1.82, 2.24) is 15.1 Å². The van der Waals surface area contributed by atoms with E-state index in [0.29, 0.717) is 17.5 Å². The second-order valence-electron chi connectivity index (χ2n) is 5.46. The highest BCUT2D eigenvalue weighted by Crippen LogP contribution is 2.14. The van der Waals surface area contributed by atoms with E-state index in [1.807, 2.05) is 23.1 Å². The standard InChI is InChI=1S/C12H23N3/c1-10(13-9-12(3,4)5)11(2)15-8-6-7-14-15/h6-8,10-11,13H,9H2,1-5H3. The Balaban J connectivity index is 2.44. The predicted octanol–water partition coefficient (Wildman–Crippen LogP) is 2.47. The van der Waals surface area contributed by atoms with Gasteiger partial charge in [0.05, 0.1) is 6.04 Å². The number of aromatic nitrogens is 2. The van der Waals surface area contributed by atoms with Crippen LogP contribution in [0.3, 0.4) is 0 Å². The molecule has 0 radical (unpaired) electrons. The fraction of sp³-hybridized carbons (Fsp3) is 0.750. The summed E-state index contributed by atoms with van der Waals surface area (Å²) in [5, 5.41) is 7.81. The lowest BCUT2D eigenvalue weighted by Gasteiger charge is -2.26.